The minimum absolute atomic E-state index is 0.122. The molecule has 0 radical (unpaired) electrons. The molecular formula is C6H7NO2. The highest BCUT2D eigenvalue weighted by molar-refractivity contribution is 5.93. The van der Waals surface area contributed by atoms with E-state index in [-0.39, 0.29) is 5.91 Å². The summed E-state index contributed by atoms with van der Waals surface area (Å²) in [7, 11) is 1.58. The first-order valence-corrected chi connectivity index (χ1v) is 2.59. The third kappa shape index (κ3) is 1.10. The zero-order chi connectivity index (χ0) is 6.69. The molecule has 1 heterocycles. The topological polar surface area (TPSA) is 42.2 Å². The Hall–Kier alpha value is -1.25. The van der Waals surface area contributed by atoms with E-state index in [4.69, 9.17) is 0 Å². The average molecular weight is 125 g/mol. The van der Waals surface area contributed by atoms with Gasteiger partial charge in [0.1, 0.15) is 6.26 Å². The van der Waals surface area contributed by atoms with Gasteiger partial charge < -0.3 is 9.73 Å². The maximum atomic E-state index is 10.7. The van der Waals surface area contributed by atoms with E-state index in [1.807, 2.05) is 0 Å². The van der Waals surface area contributed by atoms with Crippen molar-refractivity contribution >= 4 is 5.91 Å². The first-order valence-electron chi connectivity index (χ1n) is 2.59. The first kappa shape index (κ1) is 5.88. The highest BCUT2D eigenvalue weighted by atomic mass is 16.3. The third-order valence-electron chi connectivity index (χ3n) is 1.01. The number of hydrogen-bond donors (Lipinski definition) is 1. The molecule has 0 atom stereocenters. The van der Waals surface area contributed by atoms with Crippen LogP contribution in [0, 0.1) is 0 Å². The number of rotatable bonds is 1. The lowest BCUT2D eigenvalue weighted by molar-refractivity contribution is 0.0962. The predicted molar refractivity (Wildman–Crippen MR) is 32.1 cm³/mol. The molecule has 48 valence electrons. The number of carbonyl (C=O) groups excluding carboxylic acids is 1. The number of amides is 1. The standard InChI is InChI=1S/C6H7NO2/c1-7-6(8)5-2-3-9-4-5/h2-4H,1H3,(H,7,8). The summed E-state index contributed by atoms with van der Waals surface area (Å²) < 4.78 is 4.68. The molecule has 1 aromatic heterocycles. The van der Waals surface area contributed by atoms with E-state index in [0.717, 1.165) is 0 Å². The predicted octanol–water partition coefficient (Wildman–Crippen LogP) is 0.639. The molecule has 0 fully saturated rings. The molecule has 0 aliphatic rings. The van der Waals surface area contributed by atoms with Gasteiger partial charge in [-0.2, -0.15) is 0 Å². The van der Waals surface area contributed by atoms with Crippen molar-refractivity contribution in [3.8, 4) is 0 Å². The van der Waals surface area contributed by atoms with Gasteiger partial charge >= 0.3 is 0 Å². The average Bonchev–Trinajstić information content (AvgIpc) is 2.37. The molecular weight excluding hydrogens is 118 g/mol. The summed E-state index contributed by atoms with van der Waals surface area (Å²) in [6, 6.07) is 1.61. The second-order valence-corrected chi connectivity index (χ2v) is 1.59. The van der Waals surface area contributed by atoms with E-state index >= 15 is 0 Å². The monoisotopic (exact) mass is 125 g/mol. The molecule has 3 heteroatoms. The minimum atomic E-state index is -0.122. The van der Waals surface area contributed by atoms with Crippen molar-refractivity contribution in [1.82, 2.24) is 5.32 Å². The highest BCUT2D eigenvalue weighted by Gasteiger charge is 2.01. The molecule has 1 N–H and O–H groups in total. The lowest BCUT2D eigenvalue weighted by Gasteiger charge is -1.89. The van der Waals surface area contributed by atoms with Crippen LogP contribution < -0.4 is 5.32 Å². The summed E-state index contributed by atoms with van der Waals surface area (Å²) in [6.45, 7) is 0. The van der Waals surface area contributed by atoms with Crippen LogP contribution in [0.2, 0.25) is 0 Å². The SMILES string of the molecule is CNC(=O)c1ccoc1. The molecule has 0 unspecified atom stereocenters. The van der Waals surface area contributed by atoms with Gasteiger partial charge in [-0.15, -0.1) is 0 Å². The summed E-state index contributed by atoms with van der Waals surface area (Å²) >= 11 is 0. The number of furan rings is 1. The molecule has 0 saturated heterocycles. The van der Waals surface area contributed by atoms with Crippen LogP contribution in [0.15, 0.2) is 23.0 Å². The van der Waals surface area contributed by atoms with Crippen LogP contribution in [0.25, 0.3) is 0 Å². The lowest BCUT2D eigenvalue weighted by Crippen LogP contribution is -2.16. The van der Waals surface area contributed by atoms with Gasteiger partial charge in [0.25, 0.3) is 5.91 Å². The minimum Gasteiger partial charge on any atom is -0.472 e. The van der Waals surface area contributed by atoms with Crippen molar-refractivity contribution in [3.63, 3.8) is 0 Å². The Kier molecular flexibility index (Phi) is 1.53. The third-order valence-corrected chi connectivity index (χ3v) is 1.01. The fourth-order valence-corrected chi connectivity index (χ4v) is 0.538. The van der Waals surface area contributed by atoms with Gasteiger partial charge in [0.05, 0.1) is 11.8 Å². The van der Waals surface area contributed by atoms with Crippen molar-refractivity contribution < 1.29 is 9.21 Å². The molecule has 3 nitrogen and oxygen atoms in total. The Labute approximate surface area is 52.7 Å². The smallest absolute Gasteiger partial charge is 0.254 e. The van der Waals surface area contributed by atoms with E-state index < -0.39 is 0 Å². The molecule has 1 aromatic rings. The maximum absolute atomic E-state index is 10.7. The Bertz CT molecular complexity index is 191. The summed E-state index contributed by atoms with van der Waals surface area (Å²) in [5, 5.41) is 2.47. The van der Waals surface area contributed by atoms with Gasteiger partial charge in [-0.25, -0.2) is 0 Å². The largest absolute Gasteiger partial charge is 0.472 e. The van der Waals surface area contributed by atoms with Crippen LogP contribution in [0.5, 0.6) is 0 Å². The molecule has 9 heavy (non-hydrogen) atoms. The zero-order valence-electron chi connectivity index (χ0n) is 5.05. The van der Waals surface area contributed by atoms with Crippen LogP contribution in [0.3, 0.4) is 0 Å². The Morgan fingerprint density at radius 3 is 3.00 bits per heavy atom. The lowest BCUT2D eigenvalue weighted by atomic mass is 10.3. The van der Waals surface area contributed by atoms with Crippen LogP contribution in [0.1, 0.15) is 10.4 Å². The Morgan fingerprint density at radius 1 is 1.78 bits per heavy atom. The van der Waals surface area contributed by atoms with Gasteiger partial charge in [0, 0.05) is 7.05 Å². The van der Waals surface area contributed by atoms with E-state index in [1.54, 1.807) is 13.1 Å². The second kappa shape index (κ2) is 2.35. The normalized spacial score (nSPS) is 9.00. The van der Waals surface area contributed by atoms with E-state index in [9.17, 15) is 4.79 Å². The quantitative estimate of drug-likeness (QED) is 0.598. The Morgan fingerprint density at radius 2 is 2.56 bits per heavy atom. The fourth-order valence-electron chi connectivity index (χ4n) is 0.538. The molecule has 0 spiro atoms. The molecule has 0 aliphatic carbocycles. The number of carbonyl (C=O) groups is 1. The van der Waals surface area contributed by atoms with Crippen LogP contribution in [0.4, 0.5) is 0 Å². The number of nitrogens with one attached hydrogen (secondary N) is 1. The van der Waals surface area contributed by atoms with Gasteiger partial charge in [-0.05, 0) is 6.07 Å². The molecule has 0 aromatic carbocycles. The van der Waals surface area contributed by atoms with Crippen molar-refractivity contribution in [3.05, 3.63) is 24.2 Å². The van der Waals surface area contributed by atoms with E-state index in [2.05, 4.69) is 9.73 Å². The van der Waals surface area contributed by atoms with E-state index in [1.165, 1.54) is 12.5 Å². The second-order valence-electron chi connectivity index (χ2n) is 1.59. The fraction of sp³-hybridized carbons (Fsp3) is 0.167. The zero-order valence-corrected chi connectivity index (χ0v) is 5.05. The summed E-state index contributed by atoms with van der Waals surface area (Å²) in [5.74, 6) is -0.122. The van der Waals surface area contributed by atoms with Crippen molar-refractivity contribution in [2.75, 3.05) is 7.05 Å². The highest BCUT2D eigenvalue weighted by Crippen LogP contribution is 1.97. The van der Waals surface area contributed by atoms with Gasteiger partial charge in [0.15, 0.2) is 0 Å². The molecule has 0 aliphatic heterocycles. The van der Waals surface area contributed by atoms with Gasteiger partial charge in [-0.3, -0.25) is 4.79 Å². The van der Waals surface area contributed by atoms with Crippen molar-refractivity contribution in [1.29, 1.82) is 0 Å². The van der Waals surface area contributed by atoms with Crippen molar-refractivity contribution in [2.24, 2.45) is 0 Å². The molecule has 1 rings (SSSR count). The van der Waals surface area contributed by atoms with Crippen LogP contribution in [-0.2, 0) is 0 Å². The van der Waals surface area contributed by atoms with Crippen LogP contribution >= 0.6 is 0 Å². The van der Waals surface area contributed by atoms with Crippen LogP contribution in [-0.4, -0.2) is 13.0 Å². The summed E-state index contributed by atoms with van der Waals surface area (Å²) in [6.07, 6.45) is 2.86. The molecule has 0 bridgehead atoms. The summed E-state index contributed by atoms with van der Waals surface area (Å²) in [5.41, 5.74) is 0.553. The number of hydrogen-bond acceptors (Lipinski definition) is 2. The Balaban J connectivity index is 2.77. The first-order chi connectivity index (χ1) is 4.34. The van der Waals surface area contributed by atoms with Gasteiger partial charge in [-0.1, -0.05) is 0 Å². The molecule has 0 saturated carbocycles. The summed E-state index contributed by atoms with van der Waals surface area (Å²) in [4.78, 5) is 10.7. The van der Waals surface area contributed by atoms with Crippen molar-refractivity contribution in [2.45, 2.75) is 0 Å². The molecule has 1 amide bonds. The van der Waals surface area contributed by atoms with Gasteiger partial charge in [0.2, 0.25) is 0 Å². The van der Waals surface area contributed by atoms with E-state index in [0.29, 0.717) is 5.56 Å². The maximum Gasteiger partial charge on any atom is 0.254 e.